The number of esters is 1. The van der Waals surface area contributed by atoms with Gasteiger partial charge in [-0.1, -0.05) is 26.0 Å². The molecule has 1 saturated carbocycles. The number of piperidine rings is 1. The Morgan fingerprint density at radius 2 is 1.57 bits per heavy atom. The van der Waals surface area contributed by atoms with Crippen LogP contribution in [0.15, 0.2) is 12.1 Å². The number of nitrogens with zero attached hydrogens (tertiary/aromatic N) is 1. The highest BCUT2D eigenvalue weighted by Gasteiger charge is 2.46. The van der Waals surface area contributed by atoms with Crippen LogP contribution < -0.4 is 0 Å². The van der Waals surface area contributed by atoms with Crippen molar-refractivity contribution >= 4 is 5.97 Å². The number of ether oxygens (including phenoxy) is 1. The Morgan fingerprint density at radius 1 is 1.00 bits per heavy atom. The average molecular weight is 562 g/mol. The van der Waals surface area contributed by atoms with Crippen molar-refractivity contribution in [3.8, 4) is 5.75 Å². The van der Waals surface area contributed by atoms with Gasteiger partial charge in [0.15, 0.2) is 0 Å². The van der Waals surface area contributed by atoms with Gasteiger partial charge in [0.1, 0.15) is 12.4 Å². The van der Waals surface area contributed by atoms with Gasteiger partial charge in [0, 0.05) is 24.0 Å². The lowest BCUT2D eigenvalue weighted by molar-refractivity contribution is -0.341. The summed E-state index contributed by atoms with van der Waals surface area (Å²) in [6.07, 6.45) is 6.76. The number of aromatic hydroxyl groups is 1. The number of aliphatic hydroxyl groups excluding tert-OH is 1. The highest BCUT2D eigenvalue weighted by Crippen LogP contribution is 2.40. The lowest BCUT2D eigenvalue weighted by Gasteiger charge is -2.54. The summed E-state index contributed by atoms with van der Waals surface area (Å²) in [7, 11) is 0. The van der Waals surface area contributed by atoms with Crippen molar-refractivity contribution in [2.45, 2.75) is 130 Å². The van der Waals surface area contributed by atoms with Crippen molar-refractivity contribution in [3.05, 3.63) is 28.8 Å². The van der Waals surface area contributed by atoms with Crippen LogP contribution in [0.1, 0.15) is 103 Å². The van der Waals surface area contributed by atoms with Crippen molar-refractivity contribution in [2.24, 2.45) is 17.8 Å². The summed E-state index contributed by atoms with van der Waals surface area (Å²) in [4.78, 5) is 26.5. The van der Waals surface area contributed by atoms with E-state index >= 15 is 0 Å². The molecule has 0 radical (unpaired) electrons. The van der Waals surface area contributed by atoms with Crippen LogP contribution in [-0.4, -0.2) is 64.1 Å². The van der Waals surface area contributed by atoms with E-state index in [9.17, 15) is 15.0 Å². The molecule has 40 heavy (non-hydrogen) atoms. The maximum atomic E-state index is 12.5. The first-order valence-electron chi connectivity index (χ1n) is 15.4. The summed E-state index contributed by atoms with van der Waals surface area (Å²) in [6, 6.07) is 3.86. The van der Waals surface area contributed by atoms with Gasteiger partial charge in [-0.2, -0.15) is 0 Å². The zero-order valence-electron chi connectivity index (χ0n) is 26.3. The second-order valence-corrected chi connectivity index (χ2v) is 13.9. The Morgan fingerprint density at radius 3 is 2.15 bits per heavy atom. The van der Waals surface area contributed by atoms with E-state index in [-0.39, 0.29) is 29.3 Å². The molecule has 1 aliphatic carbocycles. The second-order valence-electron chi connectivity index (χ2n) is 13.9. The number of hydrogen-bond donors (Lipinski definition) is 2. The fourth-order valence-corrected chi connectivity index (χ4v) is 7.46. The Balaban J connectivity index is 1.37. The maximum absolute atomic E-state index is 12.5. The normalized spacial score (nSPS) is 27.0. The van der Waals surface area contributed by atoms with Gasteiger partial charge >= 0.3 is 5.97 Å². The molecule has 7 nitrogen and oxygen atoms in total. The summed E-state index contributed by atoms with van der Waals surface area (Å²) < 4.78 is 5.63. The monoisotopic (exact) mass is 561 g/mol. The molecule has 2 unspecified atom stereocenters. The van der Waals surface area contributed by atoms with E-state index in [1.54, 1.807) is 0 Å². The molecule has 1 heterocycles. The van der Waals surface area contributed by atoms with Crippen molar-refractivity contribution in [2.75, 3.05) is 19.8 Å². The molecule has 2 fully saturated rings. The second kappa shape index (κ2) is 14.0. The molecule has 2 N–H and O–H groups in total. The zero-order chi connectivity index (χ0) is 29.7. The number of rotatable bonds is 12. The molecule has 228 valence electrons. The predicted molar refractivity (Wildman–Crippen MR) is 158 cm³/mol. The topological polar surface area (TPSA) is 88.5 Å². The molecule has 3 rings (SSSR count). The number of benzene rings is 1. The van der Waals surface area contributed by atoms with Crippen LogP contribution in [0.5, 0.6) is 5.75 Å². The summed E-state index contributed by atoms with van der Waals surface area (Å²) in [5.41, 5.74) is 2.44. The van der Waals surface area contributed by atoms with E-state index in [0.717, 1.165) is 55.2 Å². The van der Waals surface area contributed by atoms with Crippen LogP contribution in [0, 0.1) is 31.6 Å². The number of carbonyl (C=O) groups excluding carboxylic acids is 1. The third-order valence-corrected chi connectivity index (χ3v) is 9.28. The fraction of sp³-hybridized carbons (Fsp3) is 0.788. The third-order valence-electron chi connectivity index (χ3n) is 9.28. The first kappa shape index (κ1) is 32.8. The van der Waals surface area contributed by atoms with Crippen molar-refractivity contribution in [3.63, 3.8) is 0 Å². The van der Waals surface area contributed by atoms with Crippen LogP contribution >= 0.6 is 0 Å². The number of likely N-dealkylation sites (tertiary alicyclic amines) is 1. The standard InChI is InChI=1S/C33H55NO6/c1-22-16-26(17-23(2)30(22)36)10-9-14-39-40-28-20-32(5,6)34(33(7,8)21-28)13-15-38-29(35)12-11-27-18-24(3)31(37)25(4)19-27/h18-19,22-23,26,28,30,36-37H,9-17,20-21H2,1-8H3. The quantitative estimate of drug-likeness (QED) is 0.134. The van der Waals surface area contributed by atoms with Gasteiger partial charge < -0.3 is 14.9 Å². The van der Waals surface area contributed by atoms with Gasteiger partial charge in [-0.3, -0.25) is 9.69 Å². The minimum atomic E-state index is -0.195. The van der Waals surface area contributed by atoms with Crippen LogP contribution in [-0.2, 0) is 25.7 Å². The molecular weight excluding hydrogens is 506 g/mol. The molecule has 2 atom stereocenters. The Hall–Kier alpha value is -1.67. The Labute approximate surface area is 242 Å². The smallest absolute Gasteiger partial charge is 0.306 e. The highest BCUT2D eigenvalue weighted by molar-refractivity contribution is 5.69. The Kier molecular flexibility index (Phi) is 11.5. The van der Waals surface area contributed by atoms with Gasteiger partial charge in [-0.15, -0.1) is 0 Å². The highest BCUT2D eigenvalue weighted by atomic mass is 17.2. The van der Waals surface area contributed by atoms with E-state index in [2.05, 4.69) is 46.4 Å². The molecule has 1 aromatic carbocycles. The van der Waals surface area contributed by atoms with E-state index in [0.29, 0.717) is 56.1 Å². The molecule has 1 aromatic rings. The lowest BCUT2D eigenvalue weighted by Crippen LogP contribution is -2.62. The van der Waals surface area contributed by atoms with Crippen LogP contribution in [0.4, 0.5) is 0 Å². The molecule has 1 saturated heterocycles. The van der Waals surface area contributed by atoms with Crippen molar-refractivity contribution in [1.82, 2.24) is 4.90 Å². The van der Waals surface area contributed by atoms with E-state index in [4.69, 9.17) is 14.5 Å². The molecule has 7 heteroatoms. The van der Waals surface area contributed by atoms with Crippen molar-refractivity contribution < 1.29 is 29.5 Å². The van der Waals surface area contributed by atoms with Crippen LogP contribution in [0.3, 0.4) is 0 Å². The molecule has 2 aliphatic rings. The van der Waals surface area contributed by atoms with Crippen LogP contribution in [0.2, 0.25) is 0 Å². The minimum absolute atomic E-state index is 0.0193. The minimum Gasteiger partial charge on any atom is -0.507 e. The fourth-order valence-electron chi connectivity index (χ4n) is 7.46. The molecule has 0 bridgehead atoms. The van der Waals surface area contributed by atoms with Crippen LogP contribution in [0.25, 0.3) is 0 Å². The predicted octanol–water partition coefficient (Wildman–Crippen LogP) is 6.28. The van der Waals surface area contributed by atoms with Gasteiger partial charge in [-0.05, 0) is 121 Å². The molecule has 0 amide bonds. The Bertz CT molecular complexity index is 923. The molecule has 0 aromatic heterocycles. The molecule has 1 aliphatic heterocycles. The molecule has 0 spiro atoms. The number of carbonyl (C=O) groups is 1. The van der Waals surface area contributed by atoms with Gasteiger partial charge in [0.05, 0.1) is 18.8 Å². The van der Waals surface area contributed by atoms with Gasteiger partial charge in [0.2, 0.25) is 0 Å². The summed E-state index contributed by atoms with van der Waals surface area (Å²) in [6.45, 7) is 18.6. The van der Waals surface area contributed by atoms with Gasteiger partial charge in [0.25, 0.3) is 0 Å². The number of aryl methyl sites for hydroxylation is 3. The number of aliphatic hydroxyl groups is 1. The van der Waals surface area contributed by atoms with Crippen molar-refractivity contribution in [1.29, 1.82) is 0 Å². The number of phenols is 1. The summed E-state index contributed by atoms with van der Waals surface area (Å²) in [5, 5.41) is 20.2. The van der Waals surface area contributed by atoms with Gasteiger partial charge in [-0.25, -0.2) is 9.78 Å². The lowest BCUT2D eigenvalue weighted by atomic mass is 9.73. The third kappa shape index (κ3) is 8.91. The summed E-state index contributed by atoms with van der Waals surface area (Å²) >= 11 is 0. The first-order chi connectivity index (χ1) is 18.7. The van der Waals surface area contributed by atoms with E-state index in [1.807, 2.05) is 26.0 Å². The largest absolute Gasteiger partial charge is 0.507 e. The zero-order valence-corrected chi connectivity index (χ0v) is 26.3. The maximum Gasteiger partial charge on any atom is 0.306 e. The number of phenolic OH excluding ortho intramolecular Hbond substituents is 1. The van der Waals surface area contributed by atoms with E-state index in [1.165, 1.54) is 0 Å². The first-order valence-corrected chi connectivity index (χ1v) is 15.4. The van der Waals surface area contributed by atoms with E-state index < -0.39 is 0 Å². The molecular formula is C33H55NO6. The summed E-state index contributed by atoms with van der Waals surface area (Å²) in [5.74, 6) is 1.54. The number of hydrogen-bond acceptors (Lipinski definition) is 7. The average Bonchev–Trinajstić information content (AvgIpc) is 2.85. The SMILES string of the molecule is Cc1cc(CCC(=O)OCCN2C(C)(C)CC(OOCCCC3CC(C)C(O)C(C)C3)CC2(C)C)cc(C)c1O.